The van der Waals surface area contributed by atoms with Crippen molar-refractivity contribution in [2.45, 2.75) is 83.3 Å². The molecule has 2 saturated carbocycles. The average Bonchev–Trinajstić information content (AvgIpc) is 3.12. The van der Waals surface area contributed by atoms with E-state index in [1.807, 2.05) is 0 Å². The summed E-state index contributed by atoms with van der Waals surface area (Å²) in [6.07, 6.45) is 5.72. The molecule has 3 fully saturated rings. The molecule has 0 radical (unpaired) electrons. The van der Waals surface area contributed by atoms with Crippen LogP contribution < -0.4 is 5.32 Å². The standard InChI is InChI=1S/C20H35F2N3O2/c1-14(2)25(15(3)23-13-26-5)19(4)12-20(19)8-6-16(7-9-20)24-10-17(11-24)27-18(21)22/h15-18,23H,1,6-13H2,2-5H3. The second-order valence-corrected chi connectivity index (χ2v) is 8.85. The number of nitrogens with one attached hydrogen (secondary N) is 1. The van der Waals surface area contributed by atoms with Gasteiger partial charge in [-0.3, -0.25) is 10.2 Å². The summed E-state index contributed by atoms with van der Waals surface area (Å²) in [5.41, 5.74) is 1.55. The van der Waals surface area contributed by atoms with Gasteiger partial charge < -0.3 is 14.4 Å². The van der Waals surface area contributed by atoms with Crippen LogP contribution in [0.2, 0.25) is 0 Å². The predicted octanol–water partition coefficient (Wildman–Crippen LogP) is 3.38. The molecule has 7 heteroatoms. The molecular formula is C20H35F2N3O2. The lowest BCUT2D eigenvalue weighted by Gasteiger charge is -2.48. The summed E-state index contributed by atoms with van der Waals surface area (Å²) in [5, 5.41) is 3.41. The van der Waals surface area contributed by atoms with Crippen LogP contribution in [0.15, 0.2) is 12.3 Å². The maximum Gasteiger partial charge on any atom is 0.345 e. The predicted molar refractivity (Wildman–Crippen MR) is 101 cm³/mol. The molecule has 5 nitrogen and oxygen atoms in total. The Hall–Kier alpha value is -0.760. The van der Waals surface area contributed by atoms with E-state index in [4.69, 9.17) is 4.74 Å². The fourth-order valence-corrected chi connectivity index (χ4v) is 5.66. The normalized spacial score (nSPS) is 35.3. The smallest absolute Gasteiger partial charge is 0.345 e. The first-order valence-corrected chi connectivity index (χ1v) is 10.1. The quantitative estimate of drug-likeness (QED) is 0.614. The molecule has 3 aliphatic rings. The van der Waals surface area contributed by atoms with E-state index in [2.05, 4.69) is 47.2 Å². The van der Waals surface area contributed by atoms with Crippen LogP contribution >= 0.6 is 0 Å². The maximum atomic E-state index is 12.3. The summed E-state index contributed by atoms with van der Waals surface area (Å²) in [6, 6.07) is 0.514. The monoisotopic (exact) mass is 387 g/mol. The number of allylic oxidation sites excluding steroid dienone is 1. The third kappa shape index (κ3) is 4.02. The number of ether oxygens (including phenoxy) is 2. The minimum atomic E-state index is -2.65. The molecular weight excluding hydrogens is 352 g/mol. The molecule has 0 aromatic rings. The molecule has 2 aliphatic carbocycles. The third-order valence-electron chi connectivity index (χ3n) is 7.15. The highest BCUT2D eigenvalue weighted by Gasteiger charge is 2.68. The first kappa shape index (κ1) is 21.0. The first-order chi connectivity index (χ1) is 12.7. The zero-order valence-corrected chi connectivity index (χ0v) is 17.1. The fraction of sp³-hybridized carbons (Fsp3) is 0.900. The van der Waals surface area contributed by atoms with Crippen LogP contribution in [-0.4, -0.2) is 67.2 Å². The Labute approximate surface area is 162 Å². The minimum absolute atomic E-state index is 0.125. The molecule has 1 spiro atoms. The topological polar surface area (TPSA) is 37.0 Å². The molecule has 1 N–H and O–H groups in total. The first-order valence-electron chi connectivity index (χ1n) is 10.1. The van der Waals surface area contributed by atoms with E-state index in [1.54, 1.807) is 7.11 Å². The fourth-order valence-electron chi connectivity index (χ4n) is 5.66. The summed E-state index contributed by atoms with van der Waals surface area (Å²) in [4.78, 5) is 4.75. The van der Waals surface area contributed by atoms with Gasteiger partial charge in [0.15, 0.2) is 0 Å². The van der Waals surface area contributed by atoms with Crippen molar-refractivity contribution in [3.8, 4) is 0 Å². The van der Waals surface area contributed by atoms with Crippen molar-refractivity contribution in [1.29, 1.82) is 0 Å². The number of rotatable bonds is 9. The second kappa shape index (κ2) is 7.93. The van der Waals surface area contributed by atoms with Gasteiger partial charge in [0.25, 0.3) is 0 Å². The minimum Gasteiger partial charge on any atom is -0.369 e. The van der Waals surface area contributed by atoms with Crippen molar-refractivity contribution in [2.75, 3.05) is 26.9 Å². The number of alkyl halides is 2. The molecule has 0 bridgehead atoms. The Morgan fingerprint density at radius 1 is 1.33 bits per heavy atom. The lowest BCUT2D eigenvalue weighted by Crippen LogP contribution is -2.58. The average molecular weight is 388 g/mol. The van der Waals surface area contributed by atoms with E-state index in [9.17, 15) is 8.78 Å². The highest BCUT2D eigenvalue weighted by atomic mass is 19.3. The Kier molecular flexibility index (Phi) is 6.16. The molecule has 27 heavy (non-hydrogen) atoms. The molecule has 3 rings (SSSR count). The van der Waals surface area contributed by atoms with Crippen molar-refractivity contribution >= 4 is 0 Å². The van der Waals surface area contributed by atoms with Gasteiger partial charge in [-0.15, -0.1) is 0 Å². The van der Waals surface area contributed by atoms with Gasteiger partial charge in [0.2, 0.25) is 0 Å². The lowest BCUT2D eigenvalue weighted by molar-refractivity contribution is -0.202. The van der Waals surface area contributed by atoms with Crippen LogP contribution in [0.3, 0.4) is 0 Å². The molecule has 0 aromatic heterocycles. The van der Waals surface area contributed by atoms with Gasteiger partial charge in [0.1, 0.15) is 0 Å². The van der Waals surface area contributed by atoms with Crippen molar-refractivity contribution in [3.05, 3.63) is 12.3 Å². The van der Waals surface area contributed by atoms with Gasteiger partial charge in [0.05, 0.1) is 19.0 Å². The Morgan fingerprint density at radius 2 is 1.96 bits per heavy atom. The number of methoxy groups -OCH3 is 1. The molecule has 2 unspecified atom stereocenters. The largest absolute Gasteiger partial charge is 0.369 e. The Morgan fingerprint density at radius 3 is 2.48 bits per heavy atom. The van der Waals surface area contributed by atoms with Crippen LogP contribution in [0.1, 0.15) is 52.9 Å². The Balaban J connectivity index is 1.53. The summed E-state index contributed by atoms with van der Waals surface area (Å²) in [7, 11) is 1.69. The molecule has 1 saturated heterocycles. The molecule has 0 amide bonds. The SMILES string of the molecule is C=C(C)N(C(C)NCOC)C1(C)CC12CCC(N1CC(OC(F)F)C1)CC2. The summed E-state index contributed by atoms with van der Waals surface area (Å²) in [6.45, 7) is 10.0. The van der Waals surface area contributed by atoms with E-state index in [-0.39, 0.29) is 17.8 Å². The van der Waals surface area contributed by atoms with Crippen LogP contribution in [0.25, 0.3) is 0 Å². The van der Waals surface area contributed by atoms with Gasteiger partial charge in [-0.2, -0.15) is 8.78 Å². The summed E-state index contributed by atoms with van der Waals surface area (Å²) in [5.74, 6) is 0. The molecule has 1 heterocycles. The molecule has 156 valence electrons. The van der Waals surface area contributed by atoms with Crippen LogP contribution in [0.4, 0.5) is 8.78 Å². The summed E-state index contributed by atoms with van der Waals surface area (Å²) < 4.78 is 34.4. The van der Waals surface area contributed by atoms with Gasteiger partial charge in [-0.05, 0) is 58.3 Å². The molecule has 0 aromatic carbocycles. The van der Waals surface area contributed by atoms with Crippen LogP contribution in [-0.2, 0) is 9.47 Å². The zero-order chi connectivity index (χ0) is 19.8. The molecule has 2 atom stereocenters. The van der Waals surface area contributed by atoms with Crippen molar-refractivity contribution in [3.63, 3.8) is 0 Å². The van der Waals surface area contributed by atoms with E-state index in [0.717, 1.165) is 18.5 Å². The Bertz CT molecular complexity index is 533. The van der Waals surface area contributed by atoms with E-state index in [1.165, 1.54) is 19.3 Å². The van der Waals surface area contributed by atoms with Gasteiger partial charge in [-0.25, -0.2) is 0 Å². The number of likely N-dealkylation sites (tertiary alicyclic amines) is 1. The molecule has 1 aliphatic heterocycles. The second-order valence-electron chi connectivity index (χ2n) is 8.85. The zero-order valence-electron chi connectivity index (χ0n) is 17.1. The number of nitrogens with zero attached hydrogens (tertiary/aromatic N) is 2. The van der Waals surface area contributed by atoms with Crippen LogP contribution in [0.5, 0.6) is 0 Å². The maximum absolute atomic E-state index is 12.3. The number of hydrogen-bond acceptors (Lipinski definition) is 5. The number of hydrogen-bond donors (Lipinski definition) is 1. The summed E-state index contributed by atoms with van der Waals surface area (Å²) >= 11 is 0. The van der Waals surface area contributed by atoms with E-state index < -0.39 is 6.61 Å². The van der Waals surface area contributed by atoms with Gasteiger partial charge >= 0.3 is 6.61 Å². The van der Waals surface area contributed by atoms with E-state index >= 15 is 0 Å². The highest BCUT2D eigenvalue weighted by molar-refractivity contribution is 5.24. The third-order valence-corrected chi connectivity index (χ3v) is 7.15. The van der Waals surface area contributed by atoms with Crippen molar-refractivity contribution in [2.24, 2.45) is 5.41 Å². The highest BCUT2D eigenvalue weighted by Crippen LogP contribution is 2.68. The van der Waals surface area contributed by atoms with Crippen molar-refractivity contribution < 1.29 is 18.3 Å². The van der Waals surface area contributed by atoms with Crippen LogP contribution in [0, 0.1) is 5.41 Å². The lowest BCUT2D eigenvalue weighted by atomic mass is 9.78. The number of halogens is 2. The van der Waals surface area contributed by atoms with E-state index in [0.29, 0.717) is 31.3 Å². The van der Waals surface area contributed by atoms with Gasteiger partial charge in [-0.1, -0.05) is 6.58 Å². The van der Waals surface area contributed by atoms with Gasteiger partial charge in [0, 0.05) is 37.5 Å². The van der Waals surface area contributed by atoms with Crippen molar-refractivity contribution in [1.82, 2.24) is 15.1 Å².